The predicted molar refractivity (Wildman–Crippen MR) is 132 cm³/mol. The zero-order chi connectivity index (χ0) is 26.2. The lowest BCUT2D eigenvalue weighted by molar-refractivity contribution is -0.384. The van der Waals surface area contributed by atoms with Crippen molar-refractivity contribution in [2.45, 2.75) is 32.9 Å². The molecule has 1 N–H and O–H groups in total. The van der Waals surface area contributed by atoms with Gasteiger partial charge in [-0.1, -0.05) is 37.3 Å². The molecule has 0 bridgehead atoms. The third-order valence-corrected chi connectivity index (χ3v) is 6.38. The Morgan fingerprint density at radius 2 is 1.80 bits per heavy atom. The average Bonchev–Trinajstić information content (AvgIpc) is 2.81. The first kappa shape index (κ1) is 27.6. The molecule has 12 heteroatoms. The Morgan fingerprint density at radius 1 is 1.14 bits per heavy atom. The van der Waals surface area contributed by atoms with Crippen molar-refractivity contribution in [1.29, 1.82) is 0 Å². The van der Waals surface area contributed by atoms with E-state index in [1.807, 2.05) is 6.07 Å². The maximum absolute atomic E-state index is 13.6. The highest BCUT2D eigenvalue weighted by molar-refractivity contribution is 7.92. The van der Waals surface area contributed by atoms with Crippen molar-refractivity contribution in [2.24, 2.45) is 0 Å². The Kier molecular flexibility index (Phi) is 9.58. The van der Waals surface area contributed by atoms with Crippen LogP contribution in [-0.2, 0) is 26.2 Å². The van der Waals surface area contributed by atoms with Crippen LogP contribution in [0.4, 0.5) is 11.4 Å². The topological polar surface area (TPSA) is 139 Å². The summed E-state index contributed by atoms with van der Waals surface area (Å²) in [6.07, 6.45) is 1.19. The molecule has 0 aliphatic heterocycles. The summed E-state index contributed by atoms with van der Waals surface area (Å²) in [5.74, 6) is -0.969. The van der Waals surface area contributed by atoms with Gasteiger partial charge in [0.05, 0.1) is 18.3 Å². The number of nitrogens with one attached hydrogen (secondary N) is 1. The largest absolute Gasteiger partial charge is 0.495 e. The highest BCUT2D eigenvalue weighted by Gasteiger charge is 2.33. The highest BCUT2D eigenvalue weighted by Crippen LogP contribution is 2.34. The van der Waals surface area contributed by atoms with Crippen LogP contribution in [0.1, 0.15) is 25.8 Å². The van der Waals surface area contributed by atoms with Crippen molar-refractivity contribution in [1.82, 2.24) is 10.2 Å². The first-order chi connectivity index (χ1) is 16.5. The van der Waals surface area contributed by atoms with Gasteiger partial charge < -0.3 is 15.0 Å². The van der Waals surface area contributed by atoms with Crippen molar-refractivity contribution in [2.75, 3.05) is 30.8 Å². The SMILES string of the molecule is CCNC(=O)C(CC)N(Cc1ccccc1)C(=O)CN(c1cc([N+](=O)[O-])ccc1OC)S(C)(=O)=O. The molecule has 0 radical (unpaired) electrons. The van der Waals surface area contributed by atoms with Crippen LogP contribution in [0.25, 0.3) is 0 Å². The minimum Gasteiger partial charge on any atom is -0.495 e. The highest BCUT2D eigenvalue weighted by atomic mass is 32.2. The number of ether oxygens (including phenoxy) is 1. The number of non-ortho nitro benzene ring substituents is 1. The molecule has 0 saturated heterocycles. The number of amides is 2. The second-order valence-electron chi connectivity index (χ2n) is 7.71. The second-order valence-corrected chi connectivity index (χ2v) is 9.62. The maximum Gasteiger partial charge on any atom is 0.271 e. The molecule has 0 saturated carbocycles. The van der Waals surface area contributed by atoms with Gasteiger partial charge in [0.1, 0.15) is 24.0 Å². The molecule has 1 atom stereocenters. The first-order valence-corrected chi connectivity index (χ1v) is 12.8. The lowest BCUT2D eigenvalue weighted by atomic mass is 10.1. The lowest BCUT2D eigenvalue weighted by Crippen LogP contribution is -2.52. The quantitative estimate of drug-likeness (QED) is 0.344. The number of sulfonamides is 1. The number of nitro benzene ring substituents is 1. The predicted octanol–water partition coefficient (Wildman–Crippen LogP) is 2.31. The molecule has 190 valence electrons. The van der Waals surface area contributed by atoms with Gasteiger partial charge in [-0.3, -0.25) is 24.0 Å². The minimum atomic E-state index is -4.07. The van der Waals surface area contributed by atoms with Crippen LogP contribution in [0.3, 0.4) is 0 Å². The molecule has 0 aliphatic carbocycles. The van der Waals surface area contributed by atoms with Gasteiger partial charge in [-0.2, -0.15) is 0 Å². The van der Waals surface area contributed by atoms with Gasteiger partial charge in [-0.15, -0.1) is 0 Å². The van der Waals surface area contributed by atoms with E-state index in [-0.39, 0.29) is 29.6 Å². The van der Waals surface area contributed by atoms with Gasteiger partial charge in [0, 0.05) is 25.2 Å². The van der Waals surface area contributed by atoms with E-state index in [4.69, 9.17) is 4.74 Å². The standard InChI is InChI=1S/C23H30N4O7S/c1-5-19(23(29)24-6-2)25(15-17-10-8-7-9-11-17)22(28)16-26(35(4,32)33)20-14-18(27(30)31)12-13-21(20)34-3/h7-14,19H,5-6,15-16H2,1-4H3,(H,24,29). The molecule has 0 aromatic heterocycles. The molecule has 35 heavy (non-hydrogen) atoms. The van der Waals surface area contributed by atoms with Gasteiger partial charge in [-0.05, 0) is 25.0 Å². The van der Waals surface area contributed by atoms with Crippen LogP contribution in [0.5, 0.6) is 5.75 Å². The summed E-state index contributed by atoms with van der Waals surface area (Å²) in [6, 6.07) is 11.6. The molecule has 2 rings (SSSR count). The molecule has 2 amide bonds. The van der Waals surface area contributed by atoms with Crippen LogP contribution in [-0.4, -0.2) is 62.6 Å². The Morgan fingerprint density at radius 3 is 2.31 bits per heavy atom. The number of carbonyl (C=O) groups excluding carboxylic acids is 2. The second kappa shape index (κ2) is 12.2. The normalized spacial score (nSPS) is 11.9. The van der Waals surface area contributed by atoms with Crippen molar-refractivity contribution in [3.8, 4) is 5.75 Å². The Bertz CT molecular complexity index is 1160. The van der Waals surface area contributed by atoms with Crippen LogP contribution >= 0.6 is 0 Å². The molecule has 0 heterocycles. The van der Waals surface area contributed by atoms with E-state index in [0.29, 0.717) is 13.0 Å². The van der Waals surface area contributed by atoms with Gasteiger partial charge >= 0.3 is 0 Å². The maximum atomic E-state index is 13.6. The Balaban J connectivity index is 2.53. The number of carbonyl (C=O) groups is 2. The van der Waals surface area contributed by atoms with E-state index in [9.17, 15) is 28.1 Å². The summed E-state index contributed by atoms with van der Waals surface area (Å²) in [4.78, 5) is 38.3. The number of benzene rings is 2. The zero-order valence-electron chi connectivity index (χ0n) is 20.1. The van der Waals surface area contributed by atoms with Crippen LogP contribution in [0, 0.1) is 10.1 Å². The monoisotopic (exact) mass is 506 g/mol. The summed E-state index contributed by atoms with van der Waals surface area (Å²) >= 11 is 0. The summed E-state index contributed by atoms with van der Waals surface area (Å²) in [7, 11) is -2.79. The summed E-state index contributed by atoms with van der Waals surface area (Å²) in [5, 5.41) is 14.0. The fourth-order valence-corrected chi connectivity index (χ4v) is 4.42. The van der Waals surface area contributed by atoms with E-state index >= 15 is 0 Å². The molecule has 2 aromatic carbocycles. The van der Waals surface area contributed by atoms with E-state index < -0.39 is 33.4 Å². The summed E-state index contributed by atoms with van der Waals surface area (Å²) < 4.78 is 31.4. The number of rotatable bonds is 12. The molecule has 1 unspecified atom stereocenters. The number of hydrogen-bond acceptors (Lipinski definition) is 7. The number of nitro groups is 1. The first-order valence-electron chi connectivity index (χ1n) is 10.9. The smallest absolute Gasteiger partial charge is 0.271 e. The summed E-state index contributed by atoms with van der Waals surface area (Å²) in [5.41, 5.74) is 0.238. The lowest BCUT2D eigenvalue weighted by Gasteiger charge is -2.33. The van der Waals surface area contributed by atoms with Crippen LogP contribution < -0.4 is 14.4 Å². The van der Waals surface area contributed by atoms with Crippen LogP contribution in [0.2, 0.25) is 0 Å². The van der Waals surface area contributed by atoms with Crippen molar-refractivity contribution < 1.29 is 27.7 Å². The number of nitrogens with zero attached hydrogens (tertiary/aromatic N) is 3. The molecule has 0 fully saturated rings. The molecule has 0 aliphatic rings. The number of likely N-dealkylation sites (N-methyl/N-ethyl adjacent to an activating group) is 1. The average molecular weight is 507 g/mol. The fourth-order valence-electron chi connectivity index (χ4n) is 3.57. The van der Waals surface area contributed by atoms with Crippen molar-refractivity contribution in [3.63, 3.8) is 0 Å². The molecule has 2 aromatic rings. The Hall–Kier alpha value is -3.67. The summed E-state index contributed by atoms with van der Waals surface area (Å²) in [6.45, 7) is 3.26. The Labute approximate surface area is 204 Å². The number of anilines is 1. The van der Waals surface area contributed by atoms with Gasteiger partial charge in [0.15, 0.2) is 0 Å². The minimum absolute atomic E-state index is 0.0409. The zero-order valence-corrected chi connectivity index (χ0v) is 20.9. The van der Waals surface area contributed by atoms with E-state index in [2.05, 4.69) is 5.32 Å². The van der Waals surface area contributed by atoms with E-state index in [1.54, 1.807) is 38.1 Å². The third-order valence-electron chi connectivity index (χ3n) is 5.25. The molecule has 0 spiro atoms. The van der Waals surface area contributed by atoms with Crippen molar-refractivity contribution in [3.05, 3.63) is 64.2 Å². The van der Waals surface area contributed by atoms with Gasteiger partial charge in [0.2, 0.25) is 21.8 Å². The van der Waals surface area contributed by atoms with Crippen molar-refractivity contribution >= 4 is 33.2 Å². The van der Waals surface area contributed by atoms with E-state index in [1.165, 1.54) is 24.1 Å². The van der Waals surface area contributed by atoms with Crippen LogP contribution in [0.15, 0.2) is 48.5 Å². The third kappa shape index (κ3) is 7.15. The molecular weight excluding hydrogens is 476 g/mol. The number of hydrogen-bond donors (Lipinski definition) is 1. The molecule has 11 nitrogen and oxygen atoms in total. The van der Waals surface area contributed by atoms with Gasteiger partial charge in [-0.25, -0.2) is 8.42 Å². The fraction of sp³-hybridized carbons (Fsp3) is 0.391. The van der Waals surface area contributed by atoms with Gasteiger partial charge in [0.25, 0.3) is 5.69 Å². The number of methoxy groups -OCH3 is 1. The molecular formula is C23H30N4O7S. The van der Waals surface area contributed by atoms with E-state index in [0.717, 1.165) is 22.2 Å².